The van der Waals surface area contributed by atoms with E-state index < -0.39 is 0 Å². The summed E-state index contributed by atoms with van der Waals surface area (Å²) in [7, 11) is 1.78. The van der Waals surface area contributed by atoms with E-state index in [1.165, 1.54) is 0 Å². The lowest BCUT2D eigenvalue weighted by Crippen LogP contribution is -2.51. The fourth-order valence-corrected chi connectivity index (χ4v) is 3.33. The average Bonchev–Trinajstić information content (AvgIpc) is 2.69. The van der Waals surface area contributed by atoms with Crippen molar-refractivity contribution in [3.63, 3.8) is 0 Å². The van der Waals surface area contributed by atoms with E-state index in [-0.39, 0.29) is 24.5 Å². The van der Waals surface area contributed by atoms with Crippen LogP contribution < -0.4 is 4.74 Å². The molecule has 0 saturated carbocycles. The molecule has 1 aromatic carbocycles. The summed E-state index contributed by atoms with van der Waals surface area (Å²) in [6.07, 6.45) is 0.367. The fraction of sp³-hybridized carbons (Fsp3) is 0.526. The summed E-state index contributed by atoms with van der Waals surface area (Å²) < 4.78 is 10.7. The van der Waals surface area contributed by atoms with Crippen LogP contribution in [0.4, 0.5) is 4.79 Å². The van der Waals surface area contributed by atoms with E-state index in [0.717, 1.165) is 5.56 Å². The molecule has 2 heterocycles. The highest BCUT2D eigenvalue weighted by molar-refractivity contribution is 5.97. The van der Waals surface area contributed by atoms with E-state index in [2.05, 4.69) is 0 Å². The van der Waals surface area contributed by atoms with Crippen molar-refractivity contribution < 1.29 is 23.9 Å². The van der Waals surface area contributed by atoms with Crippen molar-refractivity contribution in [2.45, 2.75) is 13.3 Å². The molecule has 8 nitrogen and oxygen atoms in total. The SMILES string of the molecule is CCOC(=O)N1CCN(C(=O)COc2cccc3c2CCN(C)C3=O)CC1. The molecule has 0 bridgehead atoms. The van der Waals surface area contributed by atoms with Gasteiger partial charge in [0.2, 0.25) is 0 Å². The number of likely N-dealkylation sites (N-methyl/N-ethyl adjacent to an activating group) is 1. The molecule has 2 aliphatic heterocycles. The van der Waals surface area contributed by atoms with E-state index >= 15 is 0 Å². The smallest absolute Gasteiger partial charge is 0.409 e. The molecule has 8 heteroatoms. The van der Waals surface area contributed by atoms with Gasteiger partial charge in [0.05, 0.1) is 6.61 Å². The van der Waals surface area contributed by atoms with Crippen molar-refractivity contribution in [2.75, 3.05) is 53.0 Å². The number of benzene rings is 1. The number of hydrogen-bond acceptors (Lipinski definition) is 5. The van der Waals surface area contributed by atoms with Crippen molar-refractivity contribution >= 4 is 17.9 Å². The molecule has 1 aromatic rings. The average molecular weight is 375 g/mol. The molecule has 0 unspecified atom stereocenters. The second kappa shape index (κ2) is 8.28. The molecule has 2 aliphatic rings. The summed E-state index contributed by atoms with van der Waals surface area (Å²) in [5, 5.41) is 0. The molecular weight excluding hydrogens is 350 g/mol. The zero-order chi connectivity index (χ0) is 19.4. The van der Waals surface area contributed by atoms with Gasteiger partial charge in [-0.05, 0) is 25.5 Å². The van der Waals surface area contributed by atoms with Crippen LogP contribution in [-0.4, -0.2) is 85.6 Å². The highest BCUT2D eigenvalue weighted by Gasteiger charge is 2.27. The summed E-state index contributed by atoms with van der Waals surface area (Å²) in [4.78, 5) is 41.4. The van der Waals surface area contributed by atoms with Gasteiger partial charge in [-0.2, -0.15) is 0 Å². The van der Waals surface area contributed by atoms with Crippen molar-refractivity contribution in [1.82, 2.24) is 14.7 Å². The summed E-state index contributed by atoms with van der Waals surface area (Å²) >= 11 is 0. The first-order valence-corrected chi connectivity index (χ1v) is 9.21. The van der Waals surface area contributed by atoms with Crippen LogP contribution in [0.3, 0.4) is 0 Å². The van der Waals surface area contributed by atoms with Gasteiger partial charge in [-0.3, -0.25) is 9.59 Å². The van der Waals surface area contributed by atoms with Gasteiger partial charge in [-0.25, -0.2) is 4.79 Å². The number of piperazine rings is 1. The van der Waals surface area contributed by atoms with E-state index in [9.17, 15) is 14.4 Å². The predicted octanol–water partition coefficient (Wildman–Crippen LogP) is 0.994. The Morgan fingerprint density at radius 2 is 1.78 bits per heavy atom. The van der Waals surface area contributed by atoms with Crippen LogP contribution >= 0.6 is 0 Å². The summed E-state index contributed by atoms with van der Waals surface area (Å²) in [5.41, 5.74) is 1.50. The van der Waals surface area contributed by atoms with Crippen molar-refractivity contribution in [3.8, 4) is 5.75 Å². The lowest BCUT2D eigenvalue weighted by Gasteiger charge is -2.34. The van der Waals surface area contributed by atoms with Gasteiger partial charge in [0, 0.05) is 50.9 Å². The topological polar surface area (TPSA) is 79.4 Å². The van der Waals surface area contributed by atoms with Crippen LogP contribution in [0.15, 0.2) is 18.2 Å². The first-order chi connectivity index (χ1) is 13.0. The summed E-state index contributed by atoms with van der Waals surface area (Å²) in [6.45, 7) is 4.47. The first-order valence-electron chi connectivity index (χ1n) is 9.21. The van der Waals surface area contributed by atoms with Gasteiger partial charge in [0.15, 0.2) is 6.61 Å². The van der Waals surface area contributed by atoms with Gasteiger partial charge in [-0.1, -0.05) is 6.07 Å². The zero-order valence-corrected chi connectivity index (χ0v) is 15.8. The largest absolute Gasteiger partial charge is 0.483 e. The third-order valence-electron chi connectivity index (χ3n) is 4.92. The number of hydrogen-bond donors (Lipinski definition) is 0. The number of nitrogens with zero attached hydrogens (tertiary/aromatic N) is 3. The quantitative estimate of drug-likeness (QED) is 0.784. The van der Waals surface area contributed by atoms with Gasteiger partial charge in [0.1, 0.15) is 5.75 Å². The predicted molar refractivity (Wildman–Crippen MR) is 97.8 cm³/mol. The standard InChI is InChI=1S/C19H25N3O5/c1-3-26-19(25)22-11-9-21(10-12-22)17(23)13-27-16-6-4-5-15-14(16)7-8-20(2)18(15)24/h4-6H,3,7-13H2,1-2H3. The molecule has 1 saturated heterocycles. The molecule has 1 fully saturated rings. The minimum absolute atomic E-state index is 0.0249. The second-order valence-corrected chi connectivity index (χ2v) is 6.61. The molecule has 27 heavy (non-hydrogen) atoms. The molecule has 0 aliphatic carbocycles. The third kappa shape index (κ3) is 4.15. The molecule has 146 valence electrons. The summed E-state index contributed by atoms with van der Waals surface area (Å²) in [6, 6.07) is 5.35. The van der Waals surface area contributed by atoms with Crippen LogP contribution in [0.25, 0.3) is 0 Å². The molecule has 0 radical (unpaired) electrons. The number of ether oxygens (including phenoxy) is 2. The van der Waals surface area contributed by atoms with Crippen LogP contribution in [0.5, 0.6) is 5.75 Å². The maximum atomic E-state index is 12.4. The fourth-order valence-electron chi connectivity index (χ4n) is 3.33. The van der Waals surface area contributed by atoms with Gasteiger partial charge in [-0.15, -0.1) is 0 Å². The molecule has 3 amide bonds. The number of carbonyl (C=O) groups is 3. The maximum absolute atomic E-state index is 12.4. The number of fused-ring (bicyclic) bond motifs is 1. The van der Waals surface area contributed by atoms with E-state index in [1.807, 2.05) is 0 Å². The zero-order valence-electron chi connectivity index (χ0n) is 15.8. The molecule has 0 spiro atoms. The number of amides is 3. The van der Waals surface area contributed by atoms with Gasteiger partial charge >= 0.3 is 6.09 Å². The molecular formula is C19H25N3O5. The number of carbonyl (C=O) groups excluding carboxylic acids is 3. The minimum atomic E-state index is -0.341. The minimum Gasteiger partial charge on any atom is -0.483 e. The normalized spacial score (nSPS) is 16.8. The molecule has 0 atom stereocenters. The van der Waals surface area contributed by atoms with Crippen LogP contribution in [-0.2, 0) is 16.0 Å². The Morgan fingerprint density at radius 1 is 1.07 bits per heavy atom. The lowest BCUT2D eigenvalue weighted by atomic mass is 9.98. The van der Waals surface area contributed by atoms with Crippen LogP contribution in [0.2, 0.25) is 0 Å². The number of rotatable bonds is 4. The molecule has 0 N–H and O–H groups in total. The Bertz CT molecular complexity index is 728. The van der Waals surface area contributed by atoms with Crippen molar-refractivity contribution in [3.05, 3.63) is 29.3 Å². The van der Waals surface area contributed by atoms with Crippen LogP contribution in [0, 0.1) is 0 Å². The lowest BCUT2D eigenvalue weighted by molar-refractivity contribution is -0.135. The van der Waals surface area contributed by atoms with Crippen molar-refractivity contribution in [1.29, 1.82) is 0 Å². The van der Waals surface area contributed by atoms with Crippen molar-refractivity contribution in [2.24, 2.45) is 0 Å². The molecule has 0 aromatic heterocycles. The Kier molecular flexibility index (Phi) is 5.83. The highest BCUT2D eigenvalue weighted by Crippen LogP contribution is 2.27. The monoisotopic (exact) mass is 375 g/mol. The first kappa shape index (κ1) is 19.0. The second-order valence-electron chi connectivity index (χ2n) is 6.61. The Morgan fingerprint density at radius 3 is 2.48 bits per heavy atom. The summed E-state index contributed by atoms with van der Waals surface area (Å²) in [5.74, 6) is 0.436. The highest BCUT2D eigenvalue weighted by atomic mass is 16.6. The van der Waals surface area contributed by atoms with E-state index in [0.29, 0.717) is 57.1 Å². The van der Waals surface area contributed by atoms with E-state index in [4.69, 9.17) is 9.47 Å². The van der Waals surface area contributed by atoms with E-state index in [1.54, 1.807) is 46.9 Å². The van der Waals surface area contributed by atoms with Crippen LogP contribution in [0.1, 0.15) is 22.8 Å². The Hall–Kier alpha value is -2.77. The maximum Gasteiger partial charge on any atom is 0.409 e. The Balaban J connectivity index is 1.55. The third-order valence-corrected chi connectivity index (χ3v) is 4.92. The van der Waals surface area contributed by atoms with Gasteiger partial charge < -0.3 is 24.2 Å². The Labute approximate surface area is 158 Å². The molecule has 3 rings (SSSR count). The van der Waals surface area contributed by atoms with Gasteiger partial charge in [0.25, 0.3) is 11.8 Å².